The molecule has 5 rings (SSSR count). The summed E-state index contributed by atoms with van der Waals surface area (Å²) in [6, 6.07) is 3.01. The fourth-order valence-corrected chi connectivity index (χ4v) is 5.74. The molecule has 2 aliphatic rings. The third-order valence-corrected chi connectivity index (χ3v) is 7.93. The van der Waals surface area contributed by atoms with E-state index in [9.17, 15) is 18.4 Å². The number of hydrogen-bond acceptors (Lipinski definition) is 6. The third-order valence-electron chi connectivity index (χ3n) is 7.93. The van der Waals surface area contributed by atoms with Crippen molar-refractivity contribution in [3.63, 3.8) is 0 Å². The van der Waals surface area contributed by atoms with E-state index < -0.39 is 12.0 Å². The molecule has 1 saturated heterocycles. The van der Waals surface area contributed by atoms with Crippen molar-refractivity contribution in [3.05, 3.63) is 41.6 Å². The quantitative estimate of drug-likeness (QED) is 0.452. The predicted molar refractivity (Wildman–Crippen MR) is 142 cm³/mol. The minimum Gasteiger partial charge on any atom is -0.376 e. The van der Waals surface area contributed by atoms with E-state index in [1.54, 1.807) is 27.7 Å². The van der Waals surface area contributed by atoms with E-state index >= 15 is 0 Å². The Morgan fingerprint density at radius 2 is 2.05 bits per heavy atom. The molecule has 0 radical (unpaired) electrons. The molecule has 0 spiro atoms. The van der Waals surface area contributed by atoms with Crippen molar-refractivity contribution < 1.29 is 18.4 Å². The summed E-state index contributed by atoms with van der Waals surface area (Å²) < 4.78 is 31.3. The Morgan fingerprint density at radius 3 is 2.74 bits per heavy atom. The van der Waals surface area contributed by atoms with Crippen molar-refractivity contribution >= 4 is 23.1 Å². The largest absolute Gasteiger partial charge is 0.376 e. The number of aromatic nitrogens is 5. The smallest absolute Gasteiger partial charge is 0.270 e. The first-order valence-corrected chi connectivity index (χ1v) is 13.7. The van der Waals surface area contributed by atoms with Gasteiger partial charge >= 0.3 is 0 Å². The van der Waals surface area contributed by atoms with Gasteiger partial charge in [0.1, 0.15) is 5.69 Å². The van der Waals surface area contributed by atoms with Crippen LogP contribution in [0.15, 0.2) is 24.5 Å². The lowest BCUT2D eigenvalue weighted by atomic mass is 9.81. The molecule has 0 bridgehead atoms. The minimum atomic E-state index is -2.69. The average molecular weight is 543 g/mol. The Labute approximate surface area is 226 Å². The lowest BCUT2D eigenvalue weighted by Crippen LogP contribution is -2.38. The van der Waals surface area contributed by atoms with Crippen molar-refractivity contribution in [2.24, 2.45) is 11.8 Å². The second-order valence-electron chi connectivity index (χ2n) is 10.9. The molecular weight excluding hydrogens is 506 g/mol. The summed E-state index contributed by atoms with van der Waals surface area (Å²) in [6.45, 7) is 3.13. The van der Waals surface area contributed by atoms with Crippen molar-refractivity contribution in [1.82, 2.24) is 35.0 Å². The molecule has 10 nitrogen and oxygen atoms in total. The summed E-state index contributed by atoms with van der Waals surface area (Å²) >= 11 is 0. The van der Waals surface area contributed by atoms with Crippen LogP contribution in [0.25, 0.3) is 5.65 Å². The van der Waals surface area contributed by atoms with Crippen LogP contribution < -0.4 is 15.5 Å². The number of fused-ring (bicyclic) bond motifs is 1. The van der Waals surface area contributed by atoms with Gasteiger partial charge in [-0.1, -0.05) is 0 Å². The maximum atomic E-state index is 14.0. The lowest BCUT2D eigenvalue weighted by molar-refractivity contribution is -0.126. The highest BCUT2D eigenvalue weighted by Crippen LogP contribution is 2.41. The van der Waals surface area contributed by atoms with E-state index in [4.69, 9.17) is 10.1 Å². The molecule has 39 heavy (non-hydrogen) atoms. The van der Waals surface area contributed by atoms with Crippen molar-refractivity contribution in [2.75, 3.05) is 25.5 Å². The number of nitrogens with one attached hydrogen (secondary N) is 2. The van der Waals surface area contributed by atoms with Gasteiger partial charge in [-0.05, 0) is 44.6 Å². The van der Waals surface area contributed by atoms with Gasteiger partial charge < -0.3 is 15.5 Å². The lowest BCUT2D eigenvalue weighted by Gasteiger charge is -2.33. The number of hydrogen-bond donors (Lipinski definition) is 2. The third kappa shape index (κ3) is 5.74. The maximum Gasteiger partial charge on any atom is 0.270 e. The number of halogens is 2. The summed E-state index contributed by atoms with van der Waals surface area (Å²) in [5, 5.41) is 15.0. The maximum absolute atomic E-state index is 14.0. The fourth-order valence-electron chi connectivity index (χ4n) is 5.74. The van der Waals surface area contributed by atoms with Gasteiger partial charge in [-0.3, -0.25) is 14.3 Å². The normalized spacial score (nSPS) is 20.5. The van der Waals surface area contributed by atoms with Crippen LogP contribution in [0.5, 0.6) is 0 Å². The second kappa shape index (κ2) is 10.9. The molecule has 4 heterocycles. The average Bonchev–Trinajstić information content (AvgIpc) is 3.55. The van der Waals surface area contributed by atoms with Crippen LogP contribution in [0, 0.1) is 11.8 Å². The van der Waals surface area contributed by atoms with Crippen LogP contribution in [0.3, 0.4) is 0 Å². The molecule has 1 aliphatic carbocycles. The molecule has 12 heteroatoms. The van der Waals surface area contributed by atoms with Crippen LogP contribution in [0.4, 0.5) is 14.5 Å². The highest BCUT2D eigenvalue weighted by molar-refractivity contribution is 5.92. The second-order valence-corrected chi connectivity index (χ2v) is 10.9. The molecule has 2 unspecified atom stereocenters. The van der Waals surface area contributed by atoms with Gasteiger partial charge in [-0.15, -0.1) is 0 Å². The number of carbonyl (C=O) groups excluding carboxylic acids is 2. The molecule has 2 amide bonds. The molecule has 2 atom stereocenters. The predicted octanol–water partition coefficient (Wildman–Crippen LogP) is 3.38. The monoisotopic (exact) mass is 542 g/mol. The van der Waals surface area contributed by atoms with Gasteiger partial charge in [0.2, 0.25) is 11.8 Å². The summed E-state index contributed by atoms with van der Waals surface area (Å²) in [5.74, 6) is -3.31. The number of anilines is 1. The molecule has 3 aromatic heterocycles. The van der Waals surface area contributed by atoms with Gasteiger partial charge in [0, 0.05) is 64.6 Å². The summed E-state index contributed by atoms with van der Waals surface area (Å²) in [7, 11) is 3.84. The zero-order chi connectivity index (χ0) is 27.7. The zero-order valence-corrected chi connectivity index (χ0v) is 22.7. The summed E-state index contributed by atoms with van der Waals surface area (Å²) in [5.41, 5.74) is 3.22. The number of rotatable bonds is 8. The SMILES string of the molecule is CCn1nccc1C(=O)NC(c1cn2nc(CC3CCCNC3=O)c(N(C)C)cc2n1)C1CCC(F)(F)CC1. The van der Waals surface area contributed by atoms with Gasteiger partial charge in [0.25, 0.3) is 5.91 Å². The van der Waals surface area contributed by atoms with Gasteiger partial charge in [0.05, 0.1) is 29.3 Å². The van der Waals surface area contributed by atoms with E-state index in [0.717, 1.165) is 24.2 Å². The fraction of sp³-hybridized carbons (Fsp3) is 0.593. The van der Waals surface area contributed by atoms with Gasteiger partial charge in [-0.2, -0.15) is 10.2 Å². The number of alkyl halides is 2. The van der Waals surface area contributed by atoms with E-state index in [0.29, 0.717) is 36.5 Å². The number of nitrogens with zero attached hydrogens (tertiary/aromatic N) is 6. The highest BCUT2D eigenvalue weighted by Gasteiger charge is 2.39. The molecule has 210 valence electrons. The number of aryl methyl sites for hydroxylation is 1. The van der Waals surface area contributed by atoms with Crippen molar-refractivity contribution in [2.45, 2.75) is 70.4 Å². The van der Waals surface area contributed by atoms with Crippen molar-refractivity contribution in [1.29, 1.82) is 0 Å². The Morgan fingerprint density at radius 1 is 1.28 bits per heavy atom. The molecule has 1 saturated carbocycles. The first kappa shape index (κ1) is 27.0. The van der Waals surface area contributed by atoms with Crippen LogP contribution in [0.2, 0.25) is 0 Å². The van der Waals surface area contributed by atoms with Crippen LogP contribution in [-0.2, 0) is 17.8 Å². The topological polar surface area (TPSA) is 109 Å². The first-order chi connectivity index (χ1) is 18.6. The van der Waals surface area contributed by atoms with E-state index in [2.05, 4.69) is 15.7 Å². The molecule has 1 aliphatic heterocycles. The number of imidazole rings is 1. The number of amides is 2. The van der Waals surface area contributed by atoms with Crippen molar-refractivity contribution in [3.8, 4) is 0 Å². The standard InChI is InChI=1S/C27H36F2N8O2/c1-4-36-21(9-13-31-36)26(39)33-24(17-7-10-27(28,29)11-8-17)20-16-37-23(32-20)15-22(35(2)3)19(34-37)14-18-6-5-12-30-25(18)38/h9,13,15-18,24H,4-8,10-12,14H2,1-3H3,(H,30,38)(H,33,39). The van der Waals surface area contributed by atoms with Crippen LogP contribution >= 0.6 is 0 Å². The van der Waals surface area contributed by atoms with E-state index in [1.807, 2.05) is 32.0 Å². The molecule has 0 aromatic carbocycles. The Kier molecular flexibility index (Phi) is 7.55. The Balaban J connectivity index is 1.49. The van der Waals surface area contributed by atoms with Gasteiger partial charge in [-0.25, -0.2) is 18.3 Å². The molecular formula is C27H36F2N8O2. The first-order valence-electron chi connectivity index (χ1n) is 13.7. The van der Waals surface area contributed by atoms with Crippen LogP contribution in [0.1, 0.15) is 73.4 Å². The molecule has 3 aromatic rings. The molecule has 2 N–H and O–H groups in total. The molecule has 2 fully saturated rings. The van der Waals surface area contributed by atoms with Crippen LogP contribution in [-0.4, -0.2) is 62.8 Å². The minimum absolute atomic E-state index is 0.0439. The Bertz CT molecular complexity index is 1340. The Hall–Kier alpha value is -3.57. The zero-order valence-electron chi connectivity index (χ0n) is 22.7. The number of carbonyl (C=O) groups is 2. The van der Waals surface area contributed by atoms with E-state index in [-0.39, 0.29) is 49.3 Å². The van der Waals surface area contributed by atoms with Gasteiger partial charge in [0.15, 0.2) is 5.65 Å². The van der Waals surface area contributed by atoms with E-state index in [1.165, 1.54) is 0 Å². The summed E-state index contributed by atoms with van der Waals surface area (Å²) in [6.07, 6.45) is 5.69. The number of piperidine rings is 1. The summed E-state index contributed by atoms with van der Waals surface area (Å²) in [4.78, 5) is 32.5. The highest BCUT2D eigenvalue weighted by atomic mass is 19.3.